The second-order valence-corrected chi connectivity index (χ2v) is 7.80. The van der Waals surface area contributed by atoms with E-state index in [4.69, 9.17) is 4.52 Å². The van der Waals surface area contributed by atoms with Crippen LogP contribution in [0.5, 0.6) is 0 Å². The molecule has 0 radical (unpaired) electrons. The number of rotatable bonds is 5. The molecule has 7 heteroatoms. The summed E-state index contributed by atoms with van der Waals surface area (Å²) in [6.07, 6.45) is 3.23. The van der Waals surface area contributed by atoms with Crippen molar-refractivity contribution in [2.24, 2.45) is 0 Å². The fourth-order valence-electron chi connectivity index (χ4n) is 3.64. The number of benzene rings is 1. The molecule has 1 aliphatic heterocycles. The number of aromatic amines is 1. The van der Waals surface area contributed by atoms with Crippen LogP contribution < -0.4 is 0 Å². The van der Waals surface area contributed by atoms with Crippen molar-refractivity contribution in [1.29, 1.82) is 0 Å². The van der Waals surface area contributed by atoms with E-state index >= 15 is 0 Å². The maximum atomic E-state index is 12.4. The van der Waals surface area contributed by atoms with Gasteiger partial charge in [0, 0.05) is 53.0 Å². The number of thiophene rings is 1. The van der Waals surface area contributed by atoms with Crippen molar-refractivity contribution in [3.63, 3.8) is 0 Å². The Balaban J connectivity index is 1.33. The molecule has 3 aromatic heterocycles. The summed E-state index contributed by atoms with van der Waals surface area (Å²) in [6.45, 7) is 1.39. The highest BCUT2D eigenvalue weighted by molar-refractivity contribution is 7.09. The van der Waals surface area contributed by atoms with Gasteiger partial charge in [0.1, 0.15) is 0 Å². The minimum Gasteiger partial charge on any atom is -0.361 e. The fourth-order valence-corrected chi connectivity index (χ4v) is 4.34. The van der Waals surface area contributed by atoms with E-state index in [1.165, 1.54) is 4.88 Å². The molecular formula is C20H18N4O2S. The van der Waals surface area contributed by atoms with Crippen molar-refractivity contribution in [2.45, 2.75) is 18.8 Å². The van der Waals surface area contributed by atoms with Crippen molar-refractivity contribution in [2.75, 3.05) is 13.1 Å². The average molecular weight is 378 g/mol. The Morgan fingerprint density at radius 1 is 1.26 bits per heavy atom. The van der Waals surface area contributed by atoms with Crippen LogP contribution in [0.2, 0.25) is 0 Å². The van der Waals surface area contributed by atoms with Crippen LogP contribution in [-0.4, -0.2) is 39.0 Å². The first-order valence-corrected chi connectivity index (χ1v) is 9.86. The molecule has 1 atom stereocenters. The smallest absolute Gasteiger partial charge is 0.258 e. The first-order chi connectivity index (χ1) is 13.3. The number of carbonyl (C=O) groups excluding carboxylic acids is 1. The molecule has 1 fully saturated rings. The third kappa shape index (κ3) is 3.04. The third-order valence-corrected chi connectivity index (χ3v) is 5.99. The number of likely N-dealkylation sites (tertiary alicyclic amines) is 1. The first kappa shape index (κ1) is 16.3. The molecule has 1 aliphatic rings. The van der Waals surface area contributed by atoms with E-state index in [1.807, 2.05) is 41.4 Å². The number of fused-ring (bicyclic) bond motifs is 1. The molecule has 136 valence electrons. The lowest BCUT2D eigenvalue weighted by Crippen LogP contribution is -2.27. The molecule has 0 spiro atoms. The van der Waals surface area contributed by atoms with Crippen LogP contribution in [0.4, 0.5) is 0 Å². The summed E-state index contributed by atoms with van der Waals surface area (Å²) >= 11 is 1.73. The van der Waals surface area contributed by atoms with E-state index in [9.17, 15) is 4.79 Å². The van der Waals surface area contributed by atoms with Crippen LogP contribution in [0.1, 0.15) is 23.0 Å². The second kappa shape index (κ2) is 6.66. The Bertz CT molecular complexity index is 1080. The molecule has 5 rings (SSSR count). The molecular weight excluding hydrogens is 360 g/mol. The summed E-state index contributed by atoms with van der Waals surface area (Å²) in [5.41, 5.74) is 1.94. The predicted molar refractivity (Wildman–Crippen MR) is 104 cm³/mol. The zero-order chi connectivity index (χ0) is 18.2. The number of carbonyl (C=O) groups is 1. The van der Waals surface area contributed by atoms with Crippen LogP contribution in [0.25, 0.3) is 22.4 Å². The molecule has 0 aliphatic carbocycles. The van der Waals surface area contributed by atoms with Gasteiger partial charge in [-0.05, 0) is 36.1 Å². The average Bonchev–Trinajstić information content (AvgIpc) is 3.45. The Kier molecular flexibility index (Phi) is 4.01. The largest absolute Gasteiger partial charge is 0.361 e. The summed E-state index contributed by atoms with van der Waals surface area (Å²) in [4.78, 5) is 23.4. The van der Waals surface area contributed by atoms with E-state index in [2.05, 4.69) is 26.6 Å². The van der Waals surface area contributed by atoms with Gasteiger partial charge in [-0.2, -0.15) is 4.98 Å². The van der Waals surface area contributed by atoms with Gasteiger partial charge < -0.3 is 14.4 Å². The van der Waals surface area contributed by atoms with Crippen LogP contribution in [0.3, 0.4) is 0 Å². The molecule has 6 nitrogen and oxygen atoms in total. The predicted octanol–water partition coefficient (Wildman–Crippen LogP) is 3.84. The number of nitrogens with zero attached hydrogens (tertiary/aromatic N) is 3. The van der Waals surface area contributed by atoms with E-state index in [0.717, 1.165) is 29.4 Å². The molecule has 0 bridgehead atoms. The molecule has 4 aromatic rings. The van der Waals surface area contributed by atoms with Gasteiger partial charge in [0.2, 0.25) is 5.91 Å². The SMILES string of the molecule is O=C1CC(c2noc(-c3cccc4[nH]ccc34)n2)CN1CCc1cccs1. The molecule has 1 N–H and O–H groups in total. The minimum atomic E-state index is -0.0104. The number of aromatic nitrogens is 3. The number of H-pyrrole nitrogens is 1. The van der Waals surface area contributed by atoms with Gasteiger partial charge in [0.05, 0.1) is 0 Å². The van der Waals surface area contributed by atoms with Gasteiger partial charge in [-0.3, -0.25) is 4.79 Å². The number of hydrogen-bond donors (Lipinski definition) is 1. The Morgan fingerprint density at radius 3 is 3.11 bits per heavy atom. The van der Waals surface area contributed by atoms with E-state index < -0.39 is 0 Å². The molecule has 0 saturated carbocycles. The Hall–Kier alpha value is -2.93. The summed E-state index contributed by atoms with van der Waals surface area (Å²) in [5, 5.41) is 7.29. The summed E-state index contributed by atoms with van der Waals surface area (Å²) in [5.74, 6) is 1.27. The summed E-state index contributed by atoms with van der Waals surface area (Å²) in [6, 6.07) is 12.1. The van der Waals surface area contributed by atoms with Gasteiger partial charge in [0.15, 0.2) is 5.82 Å². The zero-order valence-electron chi connectivity index (χ0n) is 14.6. The van der Waals surface area contributed by atoms with Crippen LogP contribution >= 0.6 is 11.3 Å². The summed E-state index contributed by atoms with van der Waals surface area (Å²) in [7, 11) is 0. The van der Waals surface area contributed by atoms with Gasteiger partial charge in [-0.1, -0.05) is 17.3 Å². The van der Waals surface area contributed by atoms with Crippen molar-refractivity contribution >= 4 is 28.1 Å². The van der Waals surface area contributed by atoms with Crippen LogP contribution in [-0.2, 0) is 11.2 Å². The molecule has 27 heavy (non-hydrogen) atoms. The zero-order valence-corrected chi connectivity index (χ0v) is 15.4. The van der Waals surface area contributed by atoms with E-state index in [-0.39, 0.29) is 11.8 Å². The number of hydrogen-bond acceptors (Lipinski definition) is 5. The molecule has 1 aromatic carbocycles. The second-order valence-electron chi connectivity index (χ2n) is 6.77. The Labute approximate surface area is 159 Å². The summed E-state index contributed by atoms with van der Waals surface area (Å²) < 4.78 is 5.53. The maximum Gasteiger partial charge on any atom is 0.258 e. The third-order valence-electron chi connectivity index (χ3n) is 5.05. The highest BCUT2D eigenvalue weighted by Crippen LogP contribution is 2.31. The van der Waals surface area contributed by atoms with Crippen LogP contribution in [0.15, 0.2) is 52.5 Å². The fraction of sp³-hybridized carbons (Fsp3) is 0.250. The first-order valence-electron chi connectivity index (χ1n) is 8.98. The highest BCUT2D eigenvalue weighted by atomic mass is 32.1. The monoisotopic (exact) mass is 378 g/mol. The number of nitrogens with one attached hydrogen (secondary N) is 1. The normalized spacial score (nSPS) is 17.3. The minimum absolute atomic E-state index is 0.0104. The van der Waals surface area contributed by atoms with Crippen molar-refractivity contribution in [3.8, 4) is 11.5 Å². The van der Waals surface area contributed by atoms with Gasteiger partial charge in [-0.15, -0.1) is 11.3 Å². The van der Waals surface area contributed by atoms with E-state index in [0.29, 0.717) is 24.7 Å². The number of amides is 1. The molecule has 1 amide bonds. The lowest BCUT2D eigenvalue weighted by atomic mass is 10.1. The quantitative estimate of drug-likeness (QED) is 0.573. The van der Waals surface area contributed by atoms with Gasteiger partial charge in [0.25, 0.3) is 5.89 Å². The van der Waals surface area contributed by atoms with Gasteiger partial charge >= 0.3 is 0 Å². The van der Waals surface area contributed by atoms with Crippen molar-refractivity contribution in [3.05, 3.63) is 58.7 Å². The topological polar surface area (TPSA) is 75.0 Å². The van der Waals surface area contributed by atoms with Crippen molar-refractivity contribution in [1.82, 2.24) is 20.0 Å². The van der Waals surface area contributed by atoms with Crippen molar-refractivity contribution < 1.29 is 9.32 Å². The van der Waals surface area contributed by atoms with Crippen LogP contribution in [0, 0.1) is 0 Å². The molecule has 1 unspecified atom stereocenters. The standard InChI is InChI=1S/C20H18N4O2S/c25-18-11-13(12-24(18)9-7-14-3-2-10-27-14)19-22-20(26-23-19)16-4-1-5-17-15(16)6-8-21-17/h1-6,8,10,13,21H,7,9,11-12H2. The van der Waals surface area contributed by atoms with Gasteiger partial charge in [-0.25, -0.2) is 0 Å². The maximum absolute atomic E-state index is 12.4. The lowest BCUT2D eigenvalue weighted by molar-refractivity contribution is -0.127. The highest BCUT2D eigenvalue weighted by Gasteiger charge is 2.33. The molecule has 1 saturated heterocycles. The van der Waals surface area contributed by atoms with E-state index in [1.54, 1.807) is 11.3 Å². The Morgan fingerprint density at radius 2 is 2.22 bits per heavy atom. The molecule has 4 heterocycles. The lowest BCUT2D eigenvalue weighted by Gasteiger charge is -2.15.